The van der Waals surface area contributed by atoms with E-state index in [1.54, 1.807) is 17.4 Å². The third kappa shape index (κ3) is 2.36. The van der Waals surface area contributed by atoms with Crippen LogP contribution >= 0.6 is 22.9 Å². The summed E-state index contributed by atoms with van der Waals surface area (Å²) in [5, 5.41) is 5.64. The minimum Gasteiger partial charge on any atom is -0.324 e. The molecule has 3 rings (SSSR count). The fourth-order valence-corrected chi connectivity index (χ4v) is 4.09. The first-order valence-electron chi connectivity index (χ1n) is 6.82. The SMILES string of the molecule is O=C(Nc1ccccc1Cl)C1(c2cccs2)CCCC1. The van der Waals surface area contributed by atoms with Gasteiger partial charge in [0.05, 0.1) is 16.1 Å². The van der Waals surface area contributed by atoms with Gasteiger partial charge in [0, 0.05) is 4.88 Å². The van der Waals surface area contributed by atoms with E-state index in [0.29, 0.717) is 10.7 Å². The third-order valence-corrected chi connectivity index (χ3v) is 5.41. The monoisotopic (exact) mass is 305 g/mol. The third-order valence-electron chi connectivity index (χ3n) is 4.01. The van der Waals surface area contributed by atoms with E-state index in [2.05, 4.69) is 11.4 Å². The fraction of sp³-hybridized carbons (Fsp3) is 0.312. The number of hydrogen-bond acceptors (Lipinski definition) is 2. The first-order valence-corrected chi connectivity index (χ1v) is 8.08. The summed E-state index contributed by atoms with van der Waals surface area (Å²) in [5.74, 6) is 0.0746. The summed E-state index contributed by atoms with van der Waals surface area (Å²) in [6.45, 7) is 0. The molecule has 0 aliphatic heterocycles. The van der Waals surface area contributed by atoms with E-state index >= 15 is 0 Å². The molecular formula is C16H16ClNOS. The van der Waals surface area contributed by atoms with Gasteiger partial charge in [-0.1, -0.05) is 42.6 Å². The minimum absolute atomic E-state index is 0.0746. The van der Waals surface area contributed by atoms with E-state index in [1.807, 2.05) is 29.6 Å². The highest BCUT2D eigenvalue weighted by atomic mass is 35.5. The van der Waals surface area contributed by atoms with Crippen molar-refractivity contribution in [3.63, 3.8) is 0 Å². The molecule has 0 bridgehead atoms. The number of halogens is 1. The van der Waals surface area contributed by atoms with Gasteiger partial charge in [-0.15, -0.1) is 11.3 Å². The van der Waals surface area contributed by atoms with Gasteiger partial charge >= 0.3 is 0 Å². The van der Waals surface area contributed by atoms with Gasteiger partial charge in [-0.3, -0.25) is 4.79 Å². The summed E-state index contributed by atoms with van der Waals surface area (Å²) in [7, 11) is 0. The average molecular weight is 306 g/mol. The van der Waals surface area contributed by atoms with Gasteiger partial charge in [0.25, 0.3) is 0 Å². The maximum absolute atomic E-state index is 12.8. The Labute approximate surface area is 127 Å². The van der Waals surface area contributed by atoms with Crippen molar-refractivity contribution in [2.24, 2.45) is 0 Å². The van der Waals surface area contributed by atoms with Crippen molar-refractivity contribution in [2.45, 2.75) is 31.1 Å². The molecule has 1 amide bonds. The Morgan fingerprint density at radius 3 is 2.55 bits per heavy atom. The van der Waals surface area contributed by atoms with E-state index in [4.69, 9.17) is 11.6 Å². The number of carbonyl (C=O) groups is 1. The highest BCUT2D eigenvalue weighted by Gasteiger charge is 2.43. The van der Waals surface area contributed by atoms with Crippen molar-refractivity contribution in [1.82, 2.24) is 0 Å². The first-order chi connectivity index (χ1) is 9.72. The number of benzene rings is 1. The number of amides is 1. The molecule has 1 aliphatic carbocycles. The lowest BCUT2D eigenvalue weighted by Crippen LogP contribution is -2.37. The molecule has 0 spiro atoms. The van der Waals surface area contributed by atoms with Crippen LogP contribution in [-0.2, 0) is 10.2 Å². The Morgan fingerprint density at radius 2 is 1.90 bits per heavy atom. The van der Waals surface area contributed by atoms with Gasteiger partial charge in [0.1, 0.15) is 0 Å². The highest BCUT2D eigenvalue weighted by Crippen LogP contribution is 2.44. The van der Waals surface area contributed by atoms with Gasteiger partial charge < -0.3 is 5.32 Å². The van der Waals surface area contributed by atoms with Crippen molar-refractivity contribution in [2.75, 3.05) is 5.32 Å². The Kier molecular flexibility index (Phi) is 3.81. The summed E-state index contributed by atoms with van der Waals surface area (Å²) in [5.41, 5.74) is 0.329. The van der Waals surface area contributed by atoms with Crippen LogP contribution in [0, 0.1) is 0 Å². The lowest BCUT2D eigenvalue weighted by atomic mass is 9.83. The van der Waals surface area contributed by atoms with Gasteiger partial charge in [0.15, 0.2) is 0 Å². The topological polar surface area (TPSA) is 29.1 Å². The predicted octanol–water partition coefficient (Wildman–Crippen LogP) is 4.85. The van der Waals surface area contributed by atoms with Crippen molar-refractivity contribution < 1.29 is 4.79 Å². The Hall–Kier alpha value is -1.32. The smallest absolute Gasteiger partial charge is 0.235 e. The number of thiophene rings is 1. The zero-order chi connectivity index (χ0) is 14.0. The van der Waals surface area contributed by atoms with Gasteiger partial charge in [0.2, 0.25) is 5.91 Å². The molecule has 1 aromatic carbocycles. The van der Waals surface area contributed by atoms with Crippen LogP contribution in [-0.4, -0.2) is 5.91 Å². The largest absolute Gasteiger partial charge is 0.324 e. The van der Waals surface area contributed by atoms with Crippen molar-refractivity contribution in [3.05, 3.63) is 51.7 Å². The predicted molar refractivity (Wildman–Crippen MR) is 84.5 cm³/mol. The van der Waals surface area contributed by atoms with Crippen molar-refractivity contribution in [3.8, 4) is 0 Å². The van der Waals surface area contributed by atoms with Crippen LogP contribution in [0.1, 0.15) is 30.6 Å². The van der Waals surface area contributed by atoms with Gasteiger partial charge in [-0.2, -0.15) is 0 Å². The molecule has 20 heavy (non-hydrogen) atoms. The maximum atomic E-state index is 12.8. The second-order valence-corrected chi connectivity index (χ2v) is 6.56. The van der Waals surface area contributed by atoms with Gasteiger partial charge in [-0.25, -0.2) is 0 Å². The molecular weight excluding hydrogens is 290 g/mol. The first kappa shape index (κ1) is 13.7. The molecule has 1 heterocycles. The molecule has 1 saturated carbocycles. The van der Waals surface area contributed by atoms with E-state index in [9.17, 15) is 4.79 Å². The Morgan fingerprint density at radius 1 is 1.15 bits per heavy atom. The lowest BCUT2D eigenvalue weighted by Gasteiger charge is -2.26. The van der Waals surface area contributed by atoms with E-state index in [1.165, 1.54) is 4.88 Å². The minimum atomic E-state index is -0.368. The molecule has 0 unspecified atom stereocenters. The molecule has 0 radical (unpaired) electrons. The normalized spacial score (nSPS) is 17.1. The maximum Gasteiger partial charge on any atom is 0.235 e. The number of para-hydroxylation sites is 1. The fourth-order valence-electron chi connectivity index (χ4n) is 2.92. The van der Waals surface area contributed by atoms with Crippen LogP contribution in [0.2, 0.25) is 5.02 Å². The van der Waals surface area contributed by atoms with E-state index < -0.39 is 0 Å². The van der Waals surface area contributed by atoms with Crippen LogP contribution in [0.4, 0.5) is 5.69 Å². The summed E-state index contributed by atoms with van der Waals surface area (Å²) in [4.78, 5) is 14.0. The van der Waals surface area contributed by atoms with E-state index in [-0.39, 0.29) is 11.3 Å². The average Bonchev–Trinajstić information content (AvgIpc) is 3.12. The van der Waals surface area contributed by atoms with Crippen LogP contribution in [0.25, 0.3) is 0 Å². The zero-order valence-electron chi connectivity index (χ0n) is 11.1. The van der Waals surface area contributed by atoms with Crippen LogP contribution in [0.5, 0.6) is 0 Å². The number of carbonyl (C=O) groups excluding carboxylic acids is 1. The zero-order valence-corrected chi connectivity index (χ0v) is 12.6. The molecule has 1 fully saturated rings. The lowest BCUT2D eigenvalue weighted by molar-refractivity contribution is -0.121. The van der Waals surface area contributed by atoms with Crippen LogP contribution < -0.4 is 5.32 Å². The highest BCUT2D eigenvalue weighted by molar-refractivity contribution is 7.10. The molecule has 1 N–H and O–H groups in total. The Balaban J connectivity index is 1.90. The quantitative estimate of drug-likeness (QED) is 0.862. The number of rotatable bonds is 3. The molecule has 2 aromatic rings. The summed E-state index contributed by atoms with van der Waals surface area (Å²) < 4.78 is 0. The van der Waals surface area contributed by atoms with Crippen molar-refractivity contribution >= 4 is 34.5 Å². The number of anilines is 1. The molecule has 1 aliphatic rings. The van der Waals surface area contributed by atoms with E-state index in [0.717, 1.165) is 25.7 Å². The standard InChI is InChI=1S/C16H16ClNOS/c17-12-6-1-2-7-13(12)18-15(19)16(9-3-4-10-16)14-8-5-11-20-14/h1-2,5-8,11H,3-4,9-10H2,(H,18,19). The Bertz CT molecular complexity index is 603. The molecule has 104 valence electrons. The molecule has 4 heteroatoms. The number of hydrogen-bond donors (Lipinski definition) is 1. The van der Waals surface area contributed by atoms with Crippen LogP contribution in [0.15, 0.2) is 41.8 Å². The number of nitrogens with one attached hydrogen (secondary N) is 1. The summed E-state index contributed by atoms with van der Waals surface area (Å²) in [6.07, 6.45) is 4.05. The molecule has 0 atom stereocenters. The summed E-state index contributed by atoms with van der Waals surface area (Å²) >= 11 is 7.80. The second kappa shape index (κ2) is 5.58. The second-order valence-electron chi connectivity index (χ2n) is 5.20. The van der Waals surface area contributed by atoms with Crippen molar-refractivity contribution in [1.29, 1.82) is 0 Å². The van der Waals surface area contributed by atoms with Crippen LogP contribution in [0.3, 0.4) is 0 Å². The van der Waals surface area contributed by atoms with Gasteiger partial charge in [-0.05, 0) is 36.4 Å². The summed E-state index contributed by atoms with van der Waals surface area (Å²) in [6, 6.07) is 11.5. The molecule has 2 nitrogen and oxygen atoms in total. The molecule has 0 saturated heterocycles. The molecule has 1 aromatic heterocycles.